The van der Waals surface area contributed by atoms with Crippen LogP contribution in [0.15, 0.2) is 11.6 Å². The van der Waals surface area contributed by atoms with E-state index in [0.717, 1.165) is 17.8 Å². The largest absolute Gasteiger partial charge is 0.0850 e. The summed E-state index contributed by atoms with van der Waals surface area (Å²) in [5, 5.41) is 0. The van der Waals surface area contributed by atoms with Gasteiger partial charge in [0.25, 0.3) is 0 Å². The maximum atomic E-state index is 2.63. The predicted molar refractivity (Wildman–Crippen MR) is 89.8 cm³/mol. The van der Waals surface area contributed by atoms with Gasteiger partial charge in [0.2, 0.25) is 0 Å². The molecule has 0 unspecified atom stereocenters. The lowest BCUT2D eigenvalue weighted by atomic mass is 9.47. The van der Waals surface area contributed by atoms with Gasteiger partial charge >= 0.3 is 0 Å². The highest BCUT2D eigenvalue weighted by Gasteiger charge is 2.52. The molecular weight excluding hydrogens is 240 g/mol. The van der Waals surface area contributed by atoms with Gasteiger partial charge in [-0.1, -0.05) is 59.1 Å². The lowest BCUT2D eigenvalue weighted by Crippen LogP contribution is -2.49. The van der Waals surface area contributed by atoms with Gasteiger partial charge < -0.3 is 0 Å². The average molecular weight is 277 g/mol. The first-order valence-corrected chi connectivity index (χ1v) is 9.01. The summed E-state index contributed by atoms with van der Waals surface area (Å²) in [6.07, 6.45) is 12.3. The lowest BCUT2D eigenvalue weighted by molar-refractivity contribution is -0.0501. The monoisotopic (exact) mass is 276 g/mol. The van der Waals surface area contributed by atoms with Gasteiger partial charge in [-0.25, -0.2) is 0 Å². The summed E-state index contributed by atoms with van der Waals surface area (Å²) in [7, 11) is 0. The van der Waals surface area contributed by atoms with Crippen LogP contribution >= 0.6 is 0 Å². The van der Waals surface area contributed by atoms with Crippen molar-refractivity contribution in [3.8, 4) is 0 Å². The Morgan fingerprint density at radius 2 is 2.00 bits per heavy atom. The van der Waals surface area contributed by atoms with E-state index in [2.05, 4.69) is 47.6 Å². The van der Waals surface area contributed by atoms with Gasteiger partial charge in [0, 0.05) is 0 Å². The van der Waals surface area contributed by atoms with Crippen molar-refractivity contribution in [1.82, 2.24) is 0 Å². The molecule has 0 heterocycles. The van der Waals surface area contributed by atoms with Crippen molar-refractivity contribution >= 4 is 0 Å². The third-order valence-electron chi connectivity index (χ3n) is 7.47. The summed E-state index contributed by atoms with van der Waals surface area (Å²) in [5.41, 5.74) is 2.75. The van der Waals surface area contributed by atoms with Crippen molar-refractivity contribution < 1.29 is 0 Å². The molecule has 116 valence electrons. The van der Waals surface area contributed by atoms with E-state index >= 15 is 0 Å². The van der Waals surface area contributed by atoms with Gasteiger partial charge in [0.05, 0.1) is 0 Å². The molecule has 0 bridgehead atoms. The number of hydrogen-bond donors (Lipinski definition) is 0. The minimum Gasteiger partial charge on any atom is -0.0850 e. The molecule has 2 rings (SSSR count). The number of rotatable bonds is 4. The highest BCUT2D eigenvalue weighted by atomic mass is 14.6. The molecule has 0 aromatic heterocycles. The van der Waals surface area contributed by atoms with Crippen molar-refractivity contribution in [1.29, 1.82) is 0 Å². The molecule has 5 atom stereocenters. The van der Waals surface area contributed by atoms with Crippen molar-refractivity contribution in [2.24, 2.45) is 28.6 Å². The first-order chi connectivity index (χ1) is 9.34. The summed E-state index contributed by atoms with van der Waals surface area (Å²) in [6.45, 7) is 14.9. The molecule has 0 amide bonds. The predicted octanol–water partition coefficient (Wildman–Crippen LogP) is 6.61. The van der Waals surface area contributed by atoms with E-state index in [4.69, 9.17) is 0 Å². The zero-order valence-corrected chi connectivity index (χ0v) is 14.8. The van der Waals surface area contributed by atoms with Crippen LogP contribution in [0.3, 0.4) is 0 Å². The van der Waals surface area contributed by atoms with E-state index in [0.29, 0.717) is 10.8 Å². The van der Waals surface area contributed by atoms with E-state index in [1.807, 2.05) is 0 Å². The highest BCUT2D eigenvalue weighted by Crippen LogP contribution is 2.61. The van der Waals surface area contributed by atoms with Crippen LogP contribution in [0, 0.1) is 28.6 Å². The number of allylic oxidation sites excluding steroid dienone is 2. The summed E-state index contributed by atoms with van der Waals surface area (Å²) in [4.78, 5) is 0. The Morgan fingerprint density at radius 3 is 2.65 bits per heavy atom. The molecule has 0 nitrogen and oxygen atoms in total. The van der Waals surface area contributed by atoms with Crippen molar-refractivity contribution in [3.05, 3.63) is 11.6 Å². The fourth-order valence-electron chi connectivity index (χ4n) is 5.09. The van der Waals surface area contributed by atoms with Crippen LogP contribution in [0.2, 0.25) is 0 Å². The molecule has 1 saturated carbocycles. The van der Waals surface area contributed by atoms with Crippen molar-refractivity contribution in [3.63, 3.8) is 0 Å². The minimum absolute atomic E-state index is 0.495. The second-order valence-corrected chi connectivity index (χ2v) is 8.43. The zero-order valence-electron chi connectivity index (χ0n) is 14.8. The first-order valence-electron chi connectivity index (χ1n) is 9.01. The maximum Gasteiger partial charge on any atom is -0.00854 e. The van der Waals surface area contributed by atoms with Crippen LogP contribution in [0.25, 0.3) is 0 Å². The van der Waals surface area contributed by atoms with Crippen LogP contribution in [0.4, 0.5) is 0 Å². The third-order valence-corrected chi connectivity index (χ3v) is 7.47. The van der Waals surface area contributed by atoms with Crippen LogP contribution < -0.4 is 0 Å². The Bertz CT molecular complexity index is 366. The Balaban J connectivity index is 2.23. The van der Waals surface area contributed by atoms with E-state index in [1.54, 1.807) is 5.57 Å². The molecule has 0 aliphatic heterocycles. The second kappa shape index (κ2) is 5.85. The Labute approximate surface area is 127 Å². The van der Waals surface area contributed by atoms with Gasteiger partial charge in [0.15, 0.2) is 0 Å². The van der Waals surface area contributed by atoms with Gasteiger partial charge in [-0.15, -0.1) is 0 Å². The van der Waals surface area contributed by atoms with Crippen molar-refractivity contribution in [2.75, 3.05) is 0 Å². The molecule has 0 aromatic rings. The molecule has 1 fully saturated rings. The Morgan fingerprint density at radius 1 is 1.30 bits per heavy atom. The molecule has 2 aliphatic carbocycles. The summed E-state index contributed by atoms with van der Waals surface area (Å²) in [5.74, 6) is 2.70. The zero-order chi connectivity index (χ0) is 15.0. The minimum atomic E-state index is 0.495. The van der Waals surface area contributed by atoms with Gasteiger partial charge in [-0.2, -0.15) is 0 Å². The Kier molecular flexibility index (Phi) is 4.72. The van der Waals surface area contributed by atoms with Gasteiger partial charge in [0.1, 0.15) is 0 Å². The highest BCUT2D eigenvalue weighted by molar-refractivity contribution is 5.20. The molecule has 0 heteroatoms. The van der Waals surface area contributed by atoms with E-state index < -0.39 is 0 Å². The van der Waals surface area contributed by atoms with Gasteiger partial charge in [-0.05, 0) is 67.6 Å². The van der Waals surface area contributed by atoms with Crippen LogP contribution in [0.1, 0.15) is 86.5 Å². The third kappa shape index (κ3) is 2.60. The standard InChI is InChI=1S/C20H36/c1-7-15(2)11-13-19(5)17(4)12-14-20(6)16(3)9-8-10-18(19)20/h9,15,17-18H,7-8,10-14H2,1-6H3/t15-,17+,18+,19-,20-/m0/s1. The molecule has 0 N–H and O–H groups in total. The fraction of sp³-hybridized carbons (Fsp3) is 0.900. The summed E-state index contributed by atoms with van der Waals surface area (Å²) in [6, 6.07) is 0. The quantitative estimate of drug-likeness (QED) is 0.507. The molecular formula is C20H36. The van der Waals surface area contributed by atoms with E-state index in [9.17, 15) is 0 Å². The van der Waals surface area contributed by atoms with E-state index in [1.165, 1.54) is 44.9 Å². The first kappa shape index (κ1) is 16.1. The van der Waals surface area contributed by atoms with Gasteiger partial charge in [-0.3, -0.25) is 0 Å². The fourth-order valence-corrected chi connectivity index (χ4v) is 5.09. The SMILES string of the molecule is CC[C@H](C)CC[C@@]1(C)[C@H](C)CC[C@@]2(C)C(C)=CCC[C@H]12. The number of fused-ring (bicyclic) bond motifs is 1. The second-order valence-electron chi connectivity index (χ2n) is 8.43. The molecule has 2 aliphatic rings. The maximum absolute atomic E-state index is 2.63. The average Bonchev–Trinajstić information content (AvgIpc) is 2.43. The molecule has 20 heavy (non-hydrogen) atoms. The van der Waals surface area contributed by atoms with Crippen LogP contribution in [-0.4, -0.2) is 0 Å². The van der Waals surface area contributed by atoms with Crippen LogP contribution in [-0.2, 0) is 0 Å². The smallest absolute Gasteiger partial charge is 0.00854 e. The number of hydrogen-bond acceptors (Lipinski definition) is 0. The molecule has 0 saturated heterocycles. The molecule has 0 aromatic carbocycles. The summed E-state index contributed by atoms with van der Waals surface area (Å²) >= 11 is 0. The van der Waals surface area contributed by atoms with Crippen LogP contribution in [0.5, 0.6) is 0 Å². The topological polar surface area (TPSA) is 0 Å². The van der Waals surface area contributed by atoms with E-state index in [-0.39, 0.29) is 0 Å². The molecule has 0 radical (unpaired) electrons. The van der Waals surface area contributed by atoms with Crippen molar-refractivity contribution in [2.45, 2.75) is 86.5 Å². The molecule has 0 spiro atoms. The Hall–Kier alpha value is -0.260. The summed E-state index contributed by atoms with van der Waals surface area (Å²) < 4.78 is 0. The normalized spacial score (nSPS) is 42.8. The lowest BCUT2D eigenvalue weighted by Gasteiger charge is -2.58.